The summed E-state index contributed by atoms with van der Waals surface area (Å²) in [6.07, 6.45) is 0.583. The second kappa shape index (κ2) is 8.50. The van der Waals surface area contributed by atoms with Gasteiger partial charge < -0.3 is 9.80 Å². The van der Waals surface area contributed by atoms with Gasteiger partial charge in [0.05, 0.1) is 10.2 Å². The van der Waals surface area contributed by atoms with E-state index >= 15 is 0 Å². The largest absolute Gasteiger partial charge is 0.345 e. The Kier molecular flexibility index (Phi) is 5.86. The molecule has 4 rings (SSSR count). The number of hydrogen-bond donors (Lipinski definition) is 0. The van der Waals surface area contributed by atoms with E-state index in [9.17, 15) is 4.79 Å². The van der Waals surface area contributed by atoms with Crippen molar-refractivity contribution in [3.05, 3.63) is 53.6 Å². The molecule has 2 aromatic carbocycles. The monoisotopic (exact) mass is 417 g/mol. The Balaban J connectivity index is 1.28. The van der Waals surface area contributed by atoms with Gasteiger partial charge in [0.1, 0.15) is 0 Å². The SMILES string of the molecule is O=C(CCSc1ccccc1)N1CCN(c2nc3ccc(Cl)cc3s2)CC1. The Morgan fingerprint density at radius 3 is 2.67 bits per heavy atom. The lowest BCUT2D eigenvalue weighted by molar-refractivity contribution is -0.131. The van der Waals surface area contributed by atoms with Crippen LogP contribution in [0.15, 0.2) is 53.4 Å². The van der Waals surface area contributed by atoms with Gasteiger partial charge in [0, 0.05) is 48.3 Å². The number of anilines is 1. The van der Waals surface area contributed by atoms with Crippen molar-refractivity contribution in [1.82, 2.24) is 9.88 Å². The predicted octanol–water partition coefficient (Wildman–Crippen LogP) is 4.78. The molecule has 27 heavy (non-hydrogen) atoms. The number of hydrogen-bond acceptors (Lipinski definition) is 5. The third-order valence-corrected chi connectivity index (χ3v) is 6.90. The van der Waals surface area contributed by atoms with E-state index in [0.29, 0.717) is 6.42 Å². The molecule has 4 nitrogen and oxygen atoms in total. The molecule has 1 aliphatic heterocycles. The van der Waals surface area contributed by atoms with Crippen molar-refractivity contribution in [3.8, 4) is 0 Å². The molecule has 1 amide bonds. The summed E-state index contributed by atoms with van der Waals surface area (Å²) >= 11 is 9.47. The average Bonchev–Trinajstić information content (AvgIpc) is 3.12. The number of benzene rings is 2. The Morgan fingerprint density at radius 1 is 1.11 bits per heavy atom. The van der Waals surface area contributed by atoms with Crippen molar-refractivity contribution >= 4 is 56.0 Å². The lowest BCUT2D eigenvalue weighted by atomic mass is 10.3. The highest BCUT2D eigenvalue weighted by molar-refractivity contribution is 7.99. The van der Waals surface area contributed by atoms with E-state index in [2.05, 4.69) is 17.0 Å². The van der Waals surface area contributed by atoms with Crippen molar-refractivity contribution in [2.24, 2.45) is 0 Å². The van der Waals surface area contributed by atoms with Crippen LogP contribution in [0.25, 0.3) is 10.2 Å². The third kappa shape index (κ3) is 4.57. The first kappa shape index (κ1) is 18.6. The zero-order valence-electron chi connectivity index (χ0n) is 14.8. The van der Waals surface area contributed by atoms with Gasteiger partial charge in [0.25, 0.3) is 0 Å². The minimum atomic E-state index is 0.245. The Morgan fingerprint density at radius 2 is 1.89 bits per heavy atom. The number of halogens is 1. The van der Waals surface area contributed by atoms with E-state index in [4.69, 9.17) is 16.6 Å². The molecule has 0 spiro atoms. The minimum absolute atomic E-state index is 0.245. The molecule has 1 aliphatic rings. The lowest BCUT2D eigenvalue weighted by Crippen LogP contribution is -2.48. The molecule has 1 fully saturated rings. The third-order valence-electron chi connectivity index (χ3n) is 4.57. The summed E-state index contributed by atoms with van der Waals surface area (Å²) in [5, 5.41) is 1.75. The molecule has 0 unspecified atom stereocenters. The van der Waals surface area contributed by atoms with Crippen LogP contribution in [0.3, 0.4) is 0 Å². The number of thiazole rings is 1. The maximum atomic E-state index is 12.5. The van der Waals surface area contributed by atoms with Crippen LogP contribution in [0.4, 0.5) is 5.13 Å². The van der Waals surface area contributed by atoms with Crippen molar-refractivity contribution < 1.29 is 4.79 Å². The van der Waals surface area contributed by atoms with E-state index in [1.807, 2.05) is 41.3 Å². The van der Waals surface area contributed by atoms with E-state index in [1.165, 1.54) is 4.90 Å². The smallest absolute Gasteiger partial charge is 0.223 e. The summed E-state index contributed by atoms with van der Waals surface area (Å²) in [4.78, 5) is 22.6. The van der Waals surface area contributed by atoms with E-state index in [0.717, 1.165) is 52.3 Å². The standard InChI is InChI=1S/C20H20ClN3OS2/c21-15-6-7-17-18(14-15)27-20(22-17)24-11-9-23(10-12-24)19(25)8-13-26-16-4-2-1-3-5-16/h1-7,14H,8-13H2. The molecule has 0 saturated carbocycles. The molecule has 1 aromatic heterocycles. The summed E-state index contributed by atoms with van der Waals surface area (Å²) in [5.74, 6) is 1.07. The number of aromatic nitrogens is 1. The zero-order chi connectivity index (χ0) is 18.6. The molecular weight excluding hydrogens is 398 g/mol. The topological polar surface area (TPSA) is 36.4 Å². The van der Waals surface area contributed by atoms with Crippen molar-refractivity contribution in [2.45, 2.75) is 11.3 Å². The van der Waals surface area contributed by atoms with Gasteiger partial charge >= 0.3 is 0 Å². The Hall–Kier alpha value is -1.76. The molecule has 0 N–H and O–H groups in total. The number of fused-ring (bicyclic) bond motifs is 1. The number of piperazine rings is 1. The second-order valence-electron chi connectivity index (χ2n) is 6.39. The Bertz CT molecular complexity index is 923. The summed E-state index contributed by atoms with van der Waals surface area (Å²) < 4.78 is 1.11. The first-order chi connectivity index (χ1) is 13.2. The zero-order valence-corrected chi connectivity index (χ0v) is 17.2. The van der Waals surface area contributed by atoms with Gasteiger partial charge in [0.2, 0.25) is 5.91 Å². The van der Waals surface area contributed by atoms with Gasteiger partial charge in [-0.1, -0.05) is 41.1 Å². The highest BCUT2D eigenvalue weighted by atomic mass is 35.5. The van der Waals surface area contributed by atoms with Gasteiger partial charge in [0.15, 0.2) is 5.13 Å². The number of amides is 1. The number of carbonyl (C=O) groups excluding carboxylic acids is 1. The molecule has 3 aromatic rings. The summed E-state index contributed by atoms with van der Waals surface area (Å²) in [5.41, 5.74) is 0.982. The van der Waals surface area contributed by atoms with Gasteiger partial charge in [-0.15, -0.1) is 11.8 Å². The average molecular weight is 418 g/mol. The van der Waals surface area contributed by atoms with Crippen LogP contribution < -0.4 is 4.90 Å². The van der Waals surface area contributed by atoms with Crippen LogP contribution in [0, 0.1) is 0 Å². The van der Waals surface area contributed by atoms with Gasteiger partial charge in [-0.25, -0.2) is 4.98 Å². The highest BCUT2D eigenvalue weighted by Gasteiger charge is 2.22. The van der Waals surface area contributed by atoms with Gasteiger partial charge in [-0.3, -0.25) is 4.79 Å². The predicted molar refractivity (Wildman–Crippen MR) is 115 cm³/mol. The number of nitrogens with zero attached hydrogens (tertiary/aromatic N) is 3. The number of thioether (sulfide) groups is 1. The fourth-order valence-corrected chi connectivity index (χ4v) is 5.25. The molecular formula is C20H20ClN3OS2. The normalized spacial score (nSPS) is 14.7. The Labute approximate surface area is 172 Å². The van der Waals surface area contributed by atoms with E-state index in [1.54, 1.807) is 23.1 Å². The van der Waals surface area contributed by atoms with Crippen LogP contribution in [-0.4, -0.2) is 47.7 Å². The van der Waals surface area contributed by atoms with Crippen LogP contribution in [0.5, 0.6) is 0 Å². The first-order valence-corrected chi connectivity index (χ1v) is 11.1. The summed E-state index contributed by atoms with van der Waals surface area (Å²) in [6.45, 7) is 3.16. The summed E-state index contributed by atoms with van der Waals surface area (Å²) in [6, 6.07) is 16.0. The highest BCUT2D eigenvalue weighted by Crippen LogP contribution is 2.31. The van der Waals surface area contributed by atoms with Crippen LogP contribution >= 0.6 is 34.7 Å². The summed E-state index contributed by atoms with van der Waals surface area (Å²) in [7, 11) is 0. The van der Waals surface area contributed by atoms with Crippen molar-refractivity contribution in [2.75, 3.05) is 36.8 Å². The minimum Gasteiger partial charge on any atom is -0.345 e. The number of rotatable bonds is 5. The van der Waals surface area contributed by atoms with Crippen LogP contribution in [0.1, 0.15) is 6.42 Å². The lowest BCUT2D eigenvalue weighted by Gasteiger charge is -2.34. The molecule has 0 radical (unpaired) electrons. The van der Waals surface area contributed by atoms with Gasteiger partial charge in [-0.2, -0.15) is 0 Å². The maximum absolute atomic E-state index is 12.5. The van der Waals surface area contributed by atoms with Gasteiger partial charge in [-0.05, 0) is 30.3 Å². The quantitative estimate of drug-likeness (QED) is 0.560. The van der Waals surface area contributed by atoms with Crippen molar-refractivity contribution in [1.29, 1.82) is 0 Å². The number of carbonyl (C=O) groups is 1. The molecule has 7 heteroatoms. The van der Waals surface area contributed by atoms with Crippen LogP contribution in [0.2, 0.25) is 5.02 Å². The van der Waals surface area contributed by atoms with E-state index in [-0.39, 0.29) is 5.91 Å². The second-order valence-corrected chi connectivity index (χ2v) is 9.00. The molecule has 1 saturated heterocycles. The molecule has 2 heterocycles. The van der Waals surface area contributed by atoms with E-state index < -0.39 is 0 Å². The fraction of sp³-hybridized carbons (Fsp3) is 0.300. The molecule has 140 valence electrons. The van der Waals surface area contributed by atoms with Crippen LogP contribution in [-0.2, 0) is 4.79 Å². The molecule has 0 aliphatic carbocycles. The molecule has 0 bridgehead atoms. The van der Waals surface area contributed by atoms with Crippen molar-refractivity contribution in [3.63, 3.8) is 0 Å². The maximum Gasteiger partial charge on any atom is 0.223 e. The fourth-order valence-electron chi connectivity index (χ4n) is 3.10. The molecule has 0 atom stereocenters. The first-order valence-electron chi connectivity index (χ1n) is 8.96.